The van der Waals surface area contributed by atoms with E-state index in [9.17, 15) is 4.79 Å². The van der Waals surface area contributed by atoms with Crippen LogP contribution in [-0.2, 0) is 9.53 Å². The lowest BCUT2D eigenvalue weighted by Gasteiger charge is -2.23. The zero-order valence-corrected chi connectivity index (χ0v) is 11.9. The molecule has 0 aliphatic carbocycles. The van der Waals surface area contributed by atoms with E-state index in [4.69, 9.17) is 15.7 Å². The molecular weight excluding hydrogens is 270 g/mol. The first-order chi connectivity index (χ1) is 10.2. The maximum absolute atomic E-state index is 12.1. The number of amides is 1. The molecule has 1 saturated heterocycles. The molecule has 1 aliphatic rings. The number of nitrogens with one attached hydrogen (secondary N) is 1. The second kappa shape index (κ2) is 7.64. The van der Waals surface area contributed by atoms with Crippen LogP contribution in [0.4, 0.5) is 0 Å². The number of rotatable bonds is 5. The number of amidine groups is 1. The van der Waals surface area contributed by atoms with Gasteiger partial charge in [-0.2, -0.15) is 0 Å². The number of benzene rings is 1. The van der Waals surface area contributed by atoms with E-state index in [-0.39, 0.29) is 17.8 Å². The quantitative estimate of drug-likeness (QED) is 0.332. The van der Waals surface area contributed by atoms with Gasteiger partial charge in [0.05, 0.1) is 12.5 Å². The lowest BCUT2D eigenvalue weighted by Crippen LogP contribution is -2.39. The van der Waals surface area contributed by atoms with Crippen molar-refractivity contribution in [1.82, 2.24) is 5.32 Å². The minimum atomic E-state index is -0.632. The zero-order valence-electron chi connectivity index (χ0n) is 11.9. The standard InChI is InChI=1S/C15H21N3O3/c16-15(18-20)14(11-6-2-1-3-7-11)17-13(19)10-12-8-4-5-9-21-12/h1-3,6-7,12,14,20H,4-5,8-10H2,(H2,16,18)(H,17,19). The summed E-state index contributed by atoms with van der Waals surface area (Å²) in [4.78, 5) is 12.1. The van der Waals surface area contributed by atoms with Crippen molar-refractivity contribution >= 4 is 11.7 Å². The third kappa shape index (κ3) is 4.46. The molecule has 21 heavy (non-hydrogen) atoms. The van der Waals surface area contributed by atoms with Gasteiger partial charge in [-0.3, -0.25) is 4.79 Å². The van der Waals surface area contributed by atoms with Gasteiger partial charge >= 0.3 is 0 Å². The lowest BCUT2D eigenvalue weighted by molar-refractivity contribution is -0.125. The molecule has 0 aromatic heterocycles. The highest BCUT2D eigenvalue weighted by atomic mass is 16.5. The van der Waals surface area contributed by atoms with Crippen molar-refractivity contribution in [1.29, 1.82) is 0 Å². The number of ether oxygens (including phenoxy) is 1. The molecule has 1 fully saturated rings. The molecule has 6 nitrogen and oxygen atoms in total. The Morgan fingerprint density at radius 1 is 1.43 bits per heavy atom. The van der Waals surface area contributed by atoms with Crippen molar-refractivity contribution in [3.63, 3.8) is 0 Å². The monoisotopic (exact) mass is 291 g/mol. The first kappa shape index (κ1) is 15.3. The maximum Gasteiger partial charge on any atom is 0.223 e. The topological polar surface area (TPSA) is 96.9 Å². The van der Waals surface area contributed by atoms with E-state index in [0.29, 0.717) is 13.0 Å². The Hall–Kier alpha value is -2.08. The van der Waals surface area contributed by atoms with Gasteiger partial charge in [-0.1, -0.05) is 35.5 Å². The Bertz CT molecular complexity index is 484. The van der Waals surface area contributed by atoms with Crippen LogP contribution < -0.4 is 11.1 Å². The van der Waals surface area contributed by atoms with Gasteiger partial charge in [-0.15, -0.1) is 0 Å². The molecule has 1 aromatic carbocycles. The minimum absolute atomic E-state index is 0.0394. The van der Waals surface area contributed by atoms with E-state index in [1.54, 1.807) is 0 Å². The summed E-state index contributed by atoms with van der Waals surface area (Å²) in [5, 5.41) is 14.7. The van der Waals surface area contributed by atoms with Crippen LogP contribution in [0, 0.1) is 0 Å². The average molecular weight is 291 g/mol. The van der Waals surface area contributed by atoms with Crippen molar-refractivity contribution in [2.24, 2.45) is 10.9 Å². The number of nitrogens with two attached hydrogens (primary N) is 1. The smallest absolute Gasteiger partial charge is 0.223 e. The molecular formula is C15H21N3O3. The second-order valence-electron chi connectivity index (χ2n) is 5.13. The normalized spacial score (nSPS) is 20.8. The molecule has 1 heterocycles. The molecule has 1 amide bonds. The summed E-state index contributed by atoms with van der Waals surface area (Å²) in [5.41, 5.74) is 6.45. The summed E-state index contributed by atoms with van der Waals surface area (Å²) < 4.78 is 5.55. The van der Waals surface area contributed by atoms with Gasteiger partial charge in [0, 0.05) is 6.61 Å². The first-order valence-electron chi connectivity index (χ1n) is 7.14. The van der Waals surface area contributed by atoms with Crippen LogP contribution in [0.1, 0.15) is 37.3 Å². The fourth-order valence-corrected chi connectivity index (χ4v) is 2.43. The number of oxime groups is 1. The van der Waals surface area contributed by atoms with Gasteiger partial charge in [0.2, 0.25) is 5.91 Å². The molecule has 0 radical (unpaired) electrons. The fraction of sp³-hybridized carbons (Fsp3) is 0.467. The summed E-state index contributed by atoms with van der Waals surface area (Å²) in [5.74, 6) is -0.207. The number of carbonyl (C=O) groups is 1. The number of nitrogens with zero attached hydrogens (tertiary/aromatic N) is 1. The maximum atomic E-state index is 12.1. The third-order valence-electron chi connectivity index (χ3n) is 3.54. The lowest BCUT2D eigenvalue weighted by atomic mass is 10.0. The Morgan fingerprint density at radius 2 is 2.19 bits per heavy atom. The molecule has 2 unspecified atom stereocenters. The van der Waals surface area contributed by atoms with Crippen LogP contribution in [0.5, 0.6) is 0 Å². The molecule has 6 heteroatoms. The van der Waals surface area contributed by atoms with E-state index < -0.39 is 6.04 Å². The number of hydrogen-bond acceptors (Lipinski definition) is 4. The summed E-state index contributed by atoms with van der Waals surface area (Å²) in [6.45, 7) is 0.709. The fourth-order valence-electron chi connectivity index (χ4n) is 2.43. The molecule has 2 atom stereocenters. The summed E-state index contributed by atoms with van der Waals surface area (Å²) >= 11 is 0. The Morgan fingerprint density at radius 3 is 2.81 bits per heavy atom. The number of carbonyl (C=O) groups excluding carboxylic acids is 1. The van der Waals surface area contributed by atoms with Crippen molar-refractivity contribution in [2.75, 3.05) is 6.61 Å². The predicted molar refractivity (Wildman–Crippen MR) is 78.9 cm³/mol. The van der Waals surface area contributed by atoms with Crippen molar-refractivity contribution in [3.8, 4) is 0 Å². The minimum Gasteiger partial charge on any atom is -0.409 e. The third-order valence-corrected chi connectivity index (χ3v) is 3.54. The van der Waals surface area contributed by atoms with E-state index in [2.05, 4.69) is 10.5 Å². The Labute approximate surface area is 124 Å². The van der Waals surface area contributed by atoms with Crippen molar-refractivity contribution in [2.45, 2.75) is 37.8 Å². The predicted octanol–water partition coefficient (Wildman–Crippen LogP) is 1.55. The van der Waals surface area contributed by atoms with Gasteiger partial charge in [-0.25, -0.2) is 0 Å². The first-order valence-corrected chi connectivity index (χ1v) is 7.14. The van der Waals surface area contributed by atoms with Crippen LogP contribution in [0.15, 0.2) is 35.5 Å². The molecule has 114 valence electrons. The van der Waals surface area contributed by atoms with E-state index in [1.807, 2.05) is 30.3 Å². The molecule has 0 saturated carbocycles. The summed E-state index contributed by atoms with van der Waals surface area (Å²) in [7, 11) is 0. The largest absolute Gasteiger partial charge is 0.409 e. The van der Waals surface area contributed by atoms with E-state index in [0.717, 1.165) is 24.8 Å². The Balaban J connectivity index is 2.00. The molecule has 2 rings (SSSR count). The van der Waals surface area contributed by atoms with Gasteiger partial charge in [0.15, 0.2) is 5.84 Å². The molecule has 1 aliphatic heterocycles. The second-order valence-corrected chi connectivity index (χ2v) is 5.13. The number of hydrogen-bond donors (Lipinski definition) is 3. The highest BCUT2D eigenvalue weighted by Gasteiger charge is 2.22. The molecule has 4 N–H and O–H groups in total. The van der Waals surface area contributed by atoms with Crippen LogP contribution in [0.2, 0.25) is 0 Å². The highest BCUT2D eigenvalue weighted by molar-refractivity contribution is 5.91. The van der Waals surface area contributed by atoms with Gasteiger partial charge in [0.1, 0.15) is 6.04 Å². The average Bonchev–Trinajstić information content (AvgIpc) is 2.53. The van der Waals surface area contributed by atoms with Crippen LogP contribution in [-0.4, -0.2) is 29.7 Å². The van der Waals surface area contributed by atoms with Gasteiger partial charge in [0.25, 0.3) is 0 Å². The van der Waals surface area contributed by atoms with Crippen LogP contribution in [0.25, 0.3) is 0 Å². The Kier molecular flexibility index (Phi) is 5.57. The van der Waals surface area contributed by atoms with Gasteiger partial charge in [-0.05, 0) is 24.8 Å². The summed E-state index contributed by atoms with van der Waals surface area (Å²) in [6, 6.07) is 8.55. The SMILES string of the molecule is N/C(=N/O)C(NC(=O)CC1CCCCO1)c1ccccc1. The van der Waals surface area contributed by atoms with Crippen molar-refractivity contribution in [3.05, 3.63) is 35.9 Å². The van der Waals surface area contributed by atoms with E-state index in [1.165, 1.54) is 0 Å². The molecule has 0 spiro atoms. The van der Waals surface area contributed by atoms with Gasteiger partial charge < -0.3 is 21.0 Å². The van der Waals surface area contributed by atoms with Crippen LogP contribution in [0.3, 0.4) is 0 Å². The molecule has 0 bridgehead atoms. The summed E-state index contributed by atoms with van der Waals surface area (Å²) in [6.07, 6.45) is 3.28. The van der Waals surface area contributed by atoms with E-state index >= 15 is 0 Å². The van der Waals surface area contributed by atoms with Crippen LogP contribution >= 0.6 is 0 Å². The highest BCUT2D eigenvalue weighted by Crippen LogP contribution is 2.17. The van der Waals surface area contributed by atoms with Crippen molar-refractivity contribution < 1.29 is 14.7 Å². The zero-order chi connectivity index (χ0) is 15.1. The molecule has 1 aromatic rings.